The molecule has 0 saturated carbocycles. The molecule has 2 rings (SSSR count). The Hall–Kier alpha value is -2.08. The molecule has 2 aromatic carbocycles. The molecule has 0 spiro atoms. The highest BCUT2D eigenvalue weighted by Gasteiger charge is 2.22. The van der Waals surface area contributed by atoms with E-state index < -0.39 is 18.0 Å². The number of esters is 1. The van der Waals surface area contributed by atoms with Crippen LogP contribution >= 0.6 is 23.2 Å². The van der Waals surface area contributed by atoms with Crippen molar-refractivity contribution >= 4 is 35.1 Å². The van der Waals surface area contributed by atoms with Crippen molar-refractivity contribution in [2.45, 2.75) is 32.6 Å². The monoisotopic (exact) mass is 409 g/mol. The van der Waals surface area contributed by atoms with E-state index in [4.69, 9.17) is 32.7 Å². The van der Waals surface area contributed by atoms with Crippen molar-refractivity contribution in [1.29, 1.82) is 0 Å². The predicted octanol–water partition coefficient (Wildman–Crippen LogP) is 4.56. The Bertz CT molecular complexity index is 825. The average molecular weight is 410 g/mol. The fraction of sp³-hybridized carbons (Fsp3) is 0.300. The molecule has 0 aliphatic heterocycles. The number of amides is 1. The van der Waals surface area contributed by atoms with Gasteiger partial charge in [0.05, 0.1) is 18.2 Å². The van der Waals surface area contributed by atoms with E-state index in [0.717, 1.165) is 11.1 Å². The van der Waals surface area contributed by atoms with Crippen LogP contribution in [-0.2, 0) is 20.9 Å². The van der Waals surface area contributed by atoms with Crippen LogP contribution < -0.4 is 5.32 Å². The first-order chi connectivity index (χ1) is 12.8. The Morgan fingerprint density at radius 2 is 1.85 bits per heavy atom. The quantitative estimate of drug-likeness (QED) is 0.680. The number of nitrogens with one attached hydrogen (secondary N) is 1. The zero-order valence-electron chi connectivity index (χ0n) is 15.3. The molecule has 0 bridgehead atoms. The lowest BCUT2D eigenvalue weighted by Crippen LogP contribution is -2.37. The molecule has 7 heteroatoms. The molecule has 0 heterocycles. The summed E-state index contributed by atoms with van der Waals surface area (Å²) in [7, 11) is 1.57. The molecule has 0 aliphatic rings. The summed E-state index contributed by atoms with van der Waals surface area (Å²) in [6.45, 7) is 3.69. The van der Waals surface area contributed by atoms with Crippen LogP contribution in [0.15, 0.2) is 42.5 Å². The standard InChI is InChI=1S/C20H21Cl2NO4/c1-12(17-8-7-16(21)10-18(17)22)23-19(24)13(2)27-20(25)15-6-4-5-14(9-15)11-26-3/h4-10,12-13H,11H2,1-3H3,(H,23,24)/t12-,13+/m0/s1. The number of carbonyl (C=O) groups excluding carboxylic acids is 2. The number of carbonyl (C=O) groups is 2. The average Bonchev–Trinajstić information content (AvgIpc) is 2.61. The molecular formula is C20H21Cl2NO4. The van der Waals surface area contributed by atoms with Gasteiger partial charge >= 0.3 is 5.97 Å². The van der Waals surface area contributed by atoms with E-state index in [9.17, 15) is 9.59 Å². The summed E-state index contributed by atoms with van der Waals surface area (Å²) in [6.07, 6.45) is -0.961. The molecule has 2 aromatic rings. The third-order valence-corrected chi connectivity index (χ3v) is 4.48. The van der Waals surface area contributed by atoms with E-state index in [1.807, 2.05) is 6.07 Å². The van der Waals surface area contributed by atoms with E-state index in [1.165, 1.54) is 6.92 Å². The van der Waals surface area contributed by atoms with Gasteiger partial charge < -0.3 is 14.8 Å². The van der Waals surface area contributed by atoms with Crippen LogP contribution in [0, 0.1) is 0 Å². The summed E-state index contributed by atoms with van der Waals surface area (Å²) in [5.74, 6) is -0.998. The minimum absolute atomic E-state index is 0.359. The van der Waals surface area contributed by atoms with Gasteiger partial charge in [-0.15, -0.1) is 0 Å². The molecule has 1 amide bonds. The van der Waals surface area contributed by atoms with Crippen LogP contribution in [0.2, 0.25) is 10.0 Å². The molecule has 0 radical (unpaired) electrons. The Morgan fingerprint density at radius 3 is 2.52 bits per heavy atom. The molecule has 5 nitrogen and oxygen atoms in total. The molecule has 0 aromatic heterocycles. The second-order valence-electron chi connectivity index (χ2n) is 6.08. The van der Waals surface area contributed by atoms with Crippen molar-refractivity contribution in [1.82, 2.24) is 5.32 Å². The Labute approximate surface area is 168 Å². The molecule has 2 atom stereocenters. The van der Waals surface area contributed by atoms with Crippen LogP contribution in [0.4, 0.5) is 0 Å². The Morgan fingerprint density at radius 1 is 1.11 bits per heavy atom. The van der Waals surface area contributed by atoms with Crippen molar-refractivity contribution in [3.05, 3.63) is 69.2 Å². The van der Waals surface area contributed by atoms with Crippen LogP contribution in [-0.4, -0.2) is 25.1 Å². The number of halogens is 2. The predicted molar refractivity (Wildman–Crippen MR) is 105 cm³/mol. The number of benzene rings is 2. The first-order valence-corrected chi connectivity index (χ1v) is 9.11. The van der Waals surface area contributed by atoms with Gasteiger partial charge in [0.2, 0.25) is 0 Å². The van der Waals surface area contributed by atoms with Gasteiger partial charge in [0.15, 0.2) is 6.10 Å². The summed E-state index contributed by atoms with van der Waals surface area (Å²) in [5, 5.41) is 3.75. The molecule has 27 heavy (non-hydrogen) atoms. The van der Waals surface area contributed by atoms with Crippen molar-refractivity contribution in [3.8, 4) is 0 Å². The maximum Gasteiger partial charge on any atom is 0.338 e. The van der Waals surface area contributed by atoms with Crippen LogP contribution in [0.5, 0.6) is 0 Å². The summed E-state index contributed by atoms with van der Waals surface area (Å²) < 4.78 is 10.3. The van der Waals surface area contributed by atoms with Gasteiger partial charge in [0.1, 0.15) is 0 Å². The molecule has 144 valence electrons. The van der Waals surface area contributed by atoms with Crippen LogP contribution in [0.1, 0.15) is 41.4 Å². The zero-order valence-corrected chi connectivity index (χ0v) is 16.8. The summed E-state index contributed by atoms with van der Waals surface area (Å²) >= 11 is 12.0. The van der Waals surface area contributed by atoms with Gasteiger partial charge in [-0.1, -0.05) is 41.4 Å². The summed E-state index contributed by atoms with van der Waals surface area (Å²) in [5.41, 5.74) is 1.92. The van der Waals surface area contributed by atoms with E-state index in [-0.39, 0.29) is 6.04 Å². The maximum absolute atomic E-state index is 12.4. The second-order valence-corrected chi connectivity index (χ2v) is 6.92. The van der Waals surface area contributed by atoms with Crippen molar-refractivity contribution < 1.29 is 19.1 Å². The van der Waals surface area contributed by atoms with E-state index in [1.54, 1.807) is 50.4 Å². The normalized spacial score (nSPS) is 12.9. The highest BCUT2D eigenvalue weighted by Crippen LogP contribution is 2.26. The smallest absolute Gasteiger partial charge is 0.338 e. The van der Waals surface area contributed by atoms with Crippen molar-refractivity contribution in [2.75, 3.05) is 7.11 Å². The molecule has 0 saturated heterocycles. The molecule has 0 unspecified atom stereocenters. The third-order valence-electron chi connectivity index (χ3n) is 3.91. The largest absolute Gasteiger partial charge is 0.449 e. The lowest BCUT2D eigenvalue weighted by molar-refractivity contribution is -0.129. The van der Waals surface area contributed by atoms with E-state index >= 15 is 0 Å². The molecule has 0 fully saturated rings. The van der Waals surface area contributed by atoms with Crippen LogP contribution in [0.25, 0.3) is 0 Å². The van der Waals surface area contributed by atoms with Gasteiger partial charge in [-0.25, -0.2) is 4.79 Å². The van der Waals surface area contributed by atoms with Crippen LogP contribution in [0.3, 0.4) is 0 Å². The van der Waals surface area contributed by atoms with Gasteiger partial charge in [0, 0.05) is 17.2 Å². The highest BCUT2D eigenvalue weighted by molar-refractivity contribution is 6.35. The van der Waals surface area contributed by atoms with E-state index in [2.05, 4.69) is 5.32 Å². The number of ether oxygens (including phenoxy) is 2. The fourth-order valence-electron chi connectivity index (χ4n) is 2.50. The first kappa shape index (κ1) is 21.2. The first-order valence-electron chi connectivity index (χ1n) is 8.36. The molecule has 1 N–H and O–H groups in total. The molecular weight excluding hydrogens is 389 g/mol. The lowest BCUT2D eigenvalue weighted by Gasteiger charge is -2.19. The van der Waals surface area contributed by atoms with Crippen molar-refractivity contribution in [2.24, 2.45) is 0 Å². The summed E-state index contributed by atoms with van der Waals surface area (Å²) in [4.78, 5) is 24.6. The fourth-order valence-corrected chi connectivity index (χ4v) is 3.07. The van der Waals surface area contributed by atoms with Crippen molar-refractivity contribution in [3.63, 3.8) is 0 Å². The van der Waals surface area contributed by atoms with Gasteiger partial charge in [-0.05, 0) is 49.2 Å². The van der Waals surface area contributed by atoms with Gasteiger partial charge in [-0.3, -0.25) is 4.79 Å². The number of methoxy groups -OCH3 is 1. The lowest BCUT2D eigenvalue weighted by atomic mass is 10.1. The Kier molecular flexibility index (Phi) is 7.66. The van der Waals surface area contributed by atoms with Gasteiger partial charge in [-0.2, -0.15) is 0 Å². The van der Waals surface area contributed by atoms with Gasteiger partial charge in [0.25, 0.3) is 5.91 Å². The second kappa shape index (κ2) is 9.74. The number of hydrogen-bond donors (Lipinski definition) is 1. The Balaban J connectivity index is 1.98. The third kappa shape index (κ3) is 5.96. The topological polar surface area (TPSA) is 64.6 Å². The number of hydrogen-bond acceptors (Lipinski definition) is 4. The van der Waals surface area contributed by atoms with E-state index in [0.29, 0.717) is 22.2 Å². The minimum Gasteiger partial charge on any atom is -0.449 e. The number of rotatable bonds is 7. The zero-order chi connectivity index (χ0) is 20.0. The SMILES string of the molecule is COCc1cccc(C(=O)O[C@H](C)C(=O)N[C@@H](C)c2ccc(Cl)cc2Cl)c1. The summed E-state index contributed by atoms with van der Waals surface area (Å²) in [6, 6.07) is 11.6. The maximum atomic E-state index is 12.4. The molecule has 0 aliphatic carbocycles. The highest BCUT2D eigenvalue weighted by atomic mass is 35.5. The minimum atomic E-state index is -0.961.